The highest BCUT2D eigenvalue weighted by atomic mass is 19.4. The molecule has 0 aliphatic heterocycles. The highest BCUT2D eigenvalue weighted by Gasteiger charge is 2.33. The zero-order valence-electron chi connectivity index (χ0n) is 7.56. The molecule has 0 aliphatic carbocycles. The fourth-order valence-corrected chi connectivity index (χ4v) is 1.14. The van der Waals surface area contributed by atoms with Crippen molar-refractivity contribution in [3.05, 3.63) is 29.7 Å². The number of imidazole rings is 1. The van der Waals surface area contributed by atoms with Crippen molar-refractivity contribution in [1.29, 1.82) is 0 Å². The molecular formula is C8H4F3N3O2. The second-order valence-corrected chi connectivity index (χ2v) is 2.95. The van der Waals surface area contributed by atoms with Gasteiger partial charge in [-0.3, -0.25) is 0 Å². The van der Waals surface area contributed by atoms with E-state index < -0.39 is 17.8 Å². The van der Waals surface area contributed by atoms with Crippen molar-refractivity contribution in [2.24, 2.45) is 0 Å². The van der Waals surface area contributed by atoms with Gasteiger partial charge in [0.15, 0.2) is 17.0 Å². The van der Waals surface area contributed by atoms with Gasteiger partial charge in [-0.15, -0.1) is 0 Å². The van der Waals surface area contributed by atoms with Crippen LogP contribution in [0.5, 0.6) is 0 Å². The van der Waals surface area contributed by atoms with Crippen LogP contribution in [0.3, 0.4) is 0 Å². The Balaban J connectivity index is 2.58. The maximum absolute atomic E-state index is 12.3. The number of rotatable bonds is 1. The Morgan fingerprint density at radius 1 is 1.38 bits per heavy atom. The molecule has 5 nitrogen and oxygen atoms in total. The van der Waals surface area contributed by atoms with E-state index in [1.54, 1.807) is 0 Å². The van der Waals surface area contributed by atoms with Crippen LogP contribution in [0.4, 0.5) is 13.2 Å². The van der Waals surface area contributed by atoms with Crippen LogP contribution in [0.25, 0.3) is 5.65 Å². The molecule has 2 aromatic heterocycles. The average molecular weight is 231 g/mol. The van der Waals surface area contributed by atoms with Crippen molar-refractivity contribution in [1.82, 2.24) is 14.6 Å². The third-order valence-corrected chi connectivity index (χ3v) is 1.83. The fourth-order valence-electron chi connectivity index (χ4n) is 1.14. The third kappa shape index (κ3) is 1.69. The minimum absolute atomic E-state index is 0.0467. The standard InChI is InChI=1S/C8H4F3N3O2/c9-8(10,11)5-1-2-6-12-4(7(15)16)3-14(6)13-5/h1-3H,(H,15,16). The van der Waals surface area contributed by atoms with Gasteiger partial charge in [-0.05, 0) is 12.1 Å². The fraction of sp³-hybridized carbons (Fsp3) is 0.125. The average Bonchev–Trinajstić information content (AvgIpc) is 2.58. The molecule has 84 valence electrons. The smallest absolute Gasteiger partial charge is 0.435 e. The minimum atomic E-state index is -4.57. The van der Waals surface area contributed by atoms with Gasteiger partial charge >= 0.3 is 12.1 Å². The number of alkyl halides is 3. The second kappa shape index (κ2) is 3.19. The number of carbonyl (C=O) groups is 1. The molecule has 2 heterocycles. The first-order valence-electron chi connectivity index (χ1n) is 4.05. The first-order valence-corrected chi connectivity index (χ1v) is 4.05. The van der Waals surface area contributed by atoms with E-state index in [1.807, 2.05) is 0 Å². The SMILES string of the molecule is O=C(O)c1cn2nc(C(F)(F)F)ccc2n1. The zero-order valence-corrected chi connectivity index (χ0v) is 7.56. The van der Waals surface area contributed by atoms with E-state index in [4.69, 9.17) is 5.11 Å². The number of fused-ring (bicyclic) bond motifs is 1. The number of halogens is 3. The molecule has 2 aromatic rings. The van der Waals surface area contributed by atoms with Crippen LogP contribution in [-0.2, 0) is 6.18 Å². The van der Waals surface area contributed by atoms with Crippen LogP contribution in [0.15, 0.2) is 18.3 Å². The zero-order chi connectivity index (χ0) is 11.9. The molecule has 16 heavy (non-hydrogen) atoms. The summed E-state index contributed by atoms with van der Waals surface area (Å²) in [5.74, 6) is -1.32. The number of aromatic nitrogens is 3. The van der Waals surface area contributed by atoms with Gasteiger partial charge < -0.3 is 5.11 Å². The van der Waals surface area contributed by atoms with Crippen molar-refractivity contribution in [2.45, 2.75) is 6.18 Å². The van der Waals surface area contributed by atoms with E-state index in [0.29, 0.717) is 0 Å². The lowest BCUT2D eigenvalue weighted by molar-refractivity contribution is -0.141. The molecule has 1 N–H and O–H groups in total. The lowest BCUT2D eigenvalue weighted by Crippen LogP contribution is -2.10. The van der Waals surface area contributed by atoms with E-state index in [2.05, 4.69) is 10.1 Å². The van der Waals surface area contributed by atoms with E-state index in [1.165, 1.54) is 0 Å². The first kappa shape index (κ1) is 10.4. The van der Waals surface area contributed by atoms with Crippen molar-refractivity contribution in [3.8, 4) is 0 Å². The molecule has 0 atom stereocenters. The summed E-state index contributed by atoms with van der Waals surface area (Å²) in [6.07, 6.45) is -3.64. The van der Waals surface area contributed by atoms with Crippen molar-refractivity contribution < 1.29 is 23.1 Å². The predicted molar refractivity (Wildman–Crippen MR) is 44.9 cm³/mol. The molecule has 2 rings (SSSR count). The summed E-state index contributed by atoms with van der Waals surface area (Å²) in [6, 6.07) is 1.80. The lowest BCUT2D eigenvalue weighted by Gasteiger charge is -2.04. The Morgan fingerprint density at radius 3 is 2.62 bits per heavy atom. The molecule has 0 aliphatic rings. The van der Waals surface area contributed by atoms with Crippen LogP contribution in [0.1, 0.15) is 16.2 Å². The van der Waals surface area contributed by atoms with Crippen LogP contribution in [-0.4, -0.2) is 25.7 Å². The van der Waals surface area contributed by atoms with E-state index in [9.17, 15) is 18.0 Å². The molecule has 0 spiro atoms. The topological polar surface area (TPSA) is 67.5 Å². The summed E-state index contributed by atoms with van der Waals surface area (Å²) >= 11 is 0. The summed E-state index contributed by atoms with van der Waals surface area (Å²) in [4.78, 5) is 14.1. The molecule has 0 saturated heterocycles. The molecule has 0 unspecified atom stereocenters. The molecular weight excluding hydrogens is 227 g/mol. The number of carboxylic acid groups (broad SMARTS) is 1. The molecule has 8 heteroatoms. The number of aromatic carboxylic acids is 1. The molecule has 0 aromatic carbocycles. The Hall–Kier alpha value is -2.12. The van der Waals surface area contributed by atoms with Gasteiger partial charge in [-0.25, -0.2) is 14.3 Å². The van der Waals surface area contributed by atoms with Gasteiger partial charge in [0.25, 0.3) is 0 Å². The van der Waals surface area contributed by atoms with E-state index >= 15 is 0 Å². The van der Waals surface area contributed by atoms with Gasteiger partial charge in [0, 0.05) is 0 Å². The maximum Gasteiger partial charge on any atom is 0.435 e. The second-order valence-electron chi connectivity index (χ2n) is 2.95. The van der Waals surface area contributed by atoms with Gasteiger partial charge in [-0.2, -0.15) is 18.3 Å². The van der Waals surface area contributed by atoms with Gasteiger partial charge in [0.05, 0.1) is 6.20 Å². The quantitative estimate of drug-likeness (QED) is 0.806. The Morgan fingerprint density at radius 2 is 2.06 bits per heavy atom. The molecule has 0 radical (unpaired) electrons. The first-order chi connectivity index (χ1) is 7.38. The maximum atomic E-state index is 12.3. The van der Waals surface area contributed by atoms with Crippen LogP contribution < -0.4 is 0 Å². The number of carboxylic acids is 1. The van der Waals surface area contributed by atoms with Crippen LogP contribution in [0.2, 0.25) is 0 Å². The summed E-state index contributed by atoms with van der Waals surface area (Å²) in [7, 11) is 0. The number of hydrogen-bond acceptors (Lipinski definition) is 3. The van der Waals surface area contributed by atoms with Crippen molar-refractivity contribution >= 4 is 11.6 Å². The Bertz CT molecular complexity index is 561. The summed E-state index contributed by atoms with van der Waals surface area (Å²) in [6.45, 7) is 0. The van der Waals surface area contributed by atoms with Crippen LogP contribution >= 0.6 is 0 Å². The van der Waals surface area contributed by atoms with Gasteiger partial charge in [-0.1, -0.05) is 0 Å². The molecule has 0 fully saturated rings. The Labute approximate surface area is 86.1 Å². The van der Waals surface area contributed by atoms with Crippen molar-refractivity contribution in [2.75, 3.05) is 0 Å². The Kier molecular flexibility index (Phi) is 2.07. The molecule has 0 bridgehead atoms. The third-order valence-electron chi connectivity index (χ3n) is 1.83. The van der Waals surface area contributed by atoms with Crippen LogP contribution in [0, 0.1) is 0 Å². The summed E-state index contributed by atoms with van der Waals surface area (Å²) in [5, 5.41) is 11.8. The molecule has 0 saturated carbocycles. The normalized spacial score (nSPS) is 11.9. The van der Waals surface area contributed by atoms with Gasteiger partial charge in [0.1, 0.15) is 0 Å². The van der Waals surface area contributed by atoms with E-state index in [0.717, 1.165) is 22.8 Å². The predicted octanol–water partition coefficient (Wildman–Crippen LogP) is 1.45. The minimum Gasteiger partial charge on any atom is -0.476 e. The van der Waals surface area contributed by atoms with Gasteiger partial charge in [0.2, 0.25) is 0 Å². The highest BCUT2D eigenvalue weighted by molar-refractivity contribution is 5.85. The monoisotopic (exact) mass is 231 g/mol. The summed E-state index contributed by atoms with van der Waals surface area (Å²) in [5.41, 5.74) is -1.41. The molecule has 0 amide bonds. The summed E-state index contributed by atoms with van der Waals surface area (Å²) < 4.78 is 37.6. The largest absolute Gasteiger partial charge is 0.476 e. The number of hydrogen-bond donors (Lipinski definition) is 1. The van der Waals surface area contributed by atoms with E-state index in [-0.39, 0.29) is 11.3 Å². The van der Waals surface area contributed by atoms with Crippen molar-refractivity contribution in [3.63, 3.8) is 0 Å². The lowest BCUT2D eigenvalue weighted by atomic mass is 10.4. The number of nitrogens with zero attached hydrogens (tertiary/aromatic N) is 3. The highest BCUT2D eigenvalue weighted by Crippen LogP contribution is 2.27.